The zero-order chi connectivity index (χ0) is 14.2. The van der Waals surface area contributed by atoms with Crippen molar-refractivity contribution in [1.29, 1.82) is 0 Å². The lowest BCUT2D eigenvalue weighted by molar-refractivity contribution is -0.142. The third kappa shape index (κ3) is 3.01. The minimum atomic E-state index is -3.57. The number of carboxylic acids is 1. The maximum atomic E-state index is 12.4. The Balaban J connectivity index is 2.26. The van der Waals surface area contributed by atoms with Crippen molar-refractivity contribution in [3.8, 4) is 0 Å². The summed E-state index contributed by atoms with van der Waals surface area (Å²) < 4.78 is 27.2. The number of carboxylic acid groups (broad SMARTS) is 1. The summed E-state index contributed by atoms with van der Waals surface area (Å²) in [5.41, 5.74) is 0.871. The molecule has 0 bridgehead atoms. The van der Waals surface area contributed by atoms with Crippen LogP contribution in [0.5, 0.6) is 0 Å². The van der Waals surface area contributed by atoms with E-state index in [0.29, 0.717) is 19.4 Å². The third-order valence-corrected chi connectivity index (χ3v) is 7.61. The van der Waals surface area contributed by atoms with Gasteiger partial charge in [-0.2, -0.15) is 4.31 Å². The zero-order valence-electron chi connectivity index (χ0n) is 10.3. The number of aliphatic carboxylic acids is 1. The minimum absolute atomic E-state index is 0.0617. The minimum Gasteiger partial charge on any atom is -0.481 e. The summed E-state index contributed by atoms with van der Waals surface area (Å²) in [5.74, 6) is -1.53. The fraction of sp³-hybridized carbons (Fsp3) is 0.545. The van der Waals surface area contributed by atoms with Crippen LogP contribution >= 0.6 is 27.3 Å². The molecule has 5 nitrogen and oxygen atoms in total. The number of carbonyl (C=O) groups is 1. The Hall–Kier alpha value is -0.440. The molecule has 1 fully saturated rings. The first-order valence-electron chi connectivity index (χ1n) is 5.81. The van der Waals surface area contributed by atoms with Crippen molar-refractivity contribution in [1.82, 2.24) is 4.31 Å². The highest BCUT2D eigenvalue weighted by molar-refractivity contribution is 9.11. The molecule has 1 aromatic heterocycles. The Kier molecular flexibility index (Phi) is 4.34. The van der Waals surface area contributed by atoms with Crippen LogP contribution in [0.25, 0.3) is 0 Å². The van der Waals surface area contributed by atoms with E-state index in [2.05, 4.69) is 15.9 Å². The second kappa shape index (κ2) is 5.51. The van der Waals surface area contributed by atoms with E-state index in [9.17, 15) is 13.2 Å². The number of hydrogen-bond acceptors (Lipinski definition) is 4. The Morgan fingerprint density at radius 1 is 1.58 bits per heavy atom. The highest BCUT2D eigenvalue weighted by atomic mass is 79.9. The van der Waals surface area contributed by atoms with Gasteiger partial charge in [-0.25, -0.2) is 8.42 Å². The summed E-state index contributed by atoms with van der Waals surface area (Å²) in [6, 6.07) is 1.62. The Labute approximate surface area is 124 Å². The molecule has 2 rings (SSSR count). The van der Waals surface area contributed by atoms with Gasteiger partial charge in [0.05, 0.1) is 9.70 Å². The van der Waals surface area contributed by atoms with Gasteiger partial charge in [-0.05, 0) is 47.3 Å². The van der Waals surface area contributed by atoms with Crippen LogP contribution < -0.4 is 0 Å². The van der Waals surface area contributed by atoms with Crippen molar-refractivity contribution in [3.63, 3.8) is 0 Å². The lowest BCUT2D eigenvalue weighted by atomic mass is 10.0. The summed E-state index contributed by atoms with van der Waals surface area (Å²) in [6.07, 6.45) is 1.12. The van der Waals surface area contributed by atoms with Crippen molar-refractivity contribution < 1.29 is 18.3 Å². The van der Waals surface area contributed by atoms with Gasteiger partial charge in [-0.1, -0.05) is 0 Å². The number of nitrogens with zero attached hydrogens (tertiary/aromatic N) is 1. The van der Waals surface area contributed by atoms with Crippen LogP contribution in [-0.2, 0) is 14.8 Å². The Morgan fingerprint density at radius 3 is 2.79 bits per heavy atom. The summed E-state index contributed by atoms with van der Waals surface area (Å²) in [5, 5.41) is 9.01. The van der Waals surface area contributed by atoms with Gasteiger partial charge in [-0.15, -0.1) is 11.3 Å². The summed E-state index contributed by atoms with van der Waals surface area (Å²) in [6.45, 7) is 2.28. The fourth-order valence-electron chi connectivity index (χ4n) is 2.05. The SMILES string of the molecule is Cc1cc(S(=O)(=O)N2CCC[C@@H](C(=O)O)C2)sc1Br. The van der Waals surface area contributed by atoms with E-state index in [0.717, 1.165) is 20.7 Å². The molecule has 0 amide bonds. The molecule has 0 spiro atoms. The van der Waals surface area contributed by atoms with Gasteiger partial charge in [0.2, 0.25) is 0 Å². The first-order valence-corrected chi connectivity index (χ1v) is 8.86. The van der Waals surface area contributed by atoms with Crippen LogP contribution in [0.15, 0.2) is 14.1 Å². The Morgan fingerprint density at radius 2 is 2.26 bits per heavy atom. The quantitative estimate of drug-likeness (QED) is 0.889. The molecule has 0 unspecified atom stereocenters. The molecule has 1 saturated heterocycles. The maximum absolute atomic E-state index is 12.4. The molecule has 1 aromatic rings. The van der Waals surface area contributed by atoms with Crippen molar-refractivity contribution in [2.75, 3.05) is 13.1 Å². The monoisotopic (exact) mass is 367 g/mol. The van der Waals surface area contributed by atoms with E-state index in [1.165, 1.54) is 4.31 Å². The predicted octanol–water partition coefficient (Wildman–Crippen LogP) is 2.30. The van der Waals surface area contributed by atoms with Crippen molar-refractivity contribution in [3.05, 3.63) is 15.4 Å². The molecule has 1 N–H and O–H groups in total. The number of piperidine rings is 1. The highest BCUT2D eigenvalue weighted by Gasteiger charge is 2.34. The lowest BCUT2D eigenvalue weighted by Crippen LogP contribution is -2.42. The number of rotatable bonds is 3. The zero-order valence-corrected chi connectivity index (χ0v) is 13.5. The molecule has 8 heteroatoms. The summed E-state index contributed by atoms with van der Waals surface area (Å²) in [7, 11) is -3.57. The van der Waals surface area contributed by atoms with Crippen LogP contribution in [0.4, 0.5) is 0 Å². The number of sulfonamides is 1. The first-order chi connectivity index (χ1) is 8.82. The normalized spacial score (nSPS) is 21.5. The van der Waals surface area contributed by atoms with Crippen molar-refractivity contribution in [2.24, 2.45) is 5.92 Å². The fourth-order valence-corrected chi connectivity index (χ4v) is 5.95. The average Bonchev–Trinajstić information content (AvgIpc) is 2.70. The molecule has 1 aliphatic heterocycles. The molecule has 0 aliphatic carbocycles. The van der Waals surface area contributed by atoms with Gasteiger partial charge in [0.1, 0.15) is 4.21 Å². The molecule has 1 aliphatic rings. The molecule has 0 radical (unpaired) electrons. The van der Waals surface area contributed by atoms with Crippen molar-refractivity contribution in [2.45, 2.75) is 24.0 Å². The van der Waals surface area contributed by atoms with Crippen molar-refractivity contribution >= 4 is 43.3 Å². The third-order valence-electron chi connectivity index (χ3n) is 3.16. The molecule has 106 valence electrons. The molecular formula is C11H14BrNO4S2. The summed E-state index contributed by atoms with van der Waals surface area (Å²) in [4.78, 5) is 11.0. The number of hydrogen-bond donors (Lipinski definition) is 1. The van der Waals surface area contributed by atoms with Crippen LogP contribution in [-0.4, -0.2) is 36.9 Å². The van der Waals surface area contributed by atoms with Crippen LogP contribution in [0.1, 0.15) is 18.4 Å². The number of halogens is 1. The number of thiophene rings is 1. The maximum Gasteiger partial charge on any atom is 0.307 e. The van der Waals surface area contributed by atoms with E-state index in [-0.39, 0.29) is 10.8 Å². The molecule has 0 aromatic carbocycles. The van der Waals surface area contributed by atoms with E-state index < -0.39 is 21.9 Å². The highest BCUT2D eigenvalue weighted by Crippen LogP contribution is 2.33. The van der Waals surface area contributed by atoms with Crippen LogP contribution in [0.3, 0.4) is 0 Å². The van der Waals surface area contributed by atoms with E-state index in [1.54, 1.807) is 6.07 Å². The van der Waals surface area contributed by atoms with E-state index in [4.69, 9.17) is 5.11 Å². The van der Waals surface area contributed by atoms with Gasteiger partial charge in [0.15, 0.2) is 0 Å². The number of aryl methyl sites for hydroxylation is 1. The molecular weight excluding hydrogens is 354 g/mol. The van der Waals surface area contributed by atoms with Crippen LogP contribution in [0, 0.1) is 12.8 Å². The standard InChI is InChI=1S/C11H14BrNO4S2/c1-7-5-9(18-10(7)12)19(16,17)13-4-2-3-8(6-13)11(14)15/h5,8H,2-4,6H2,1H3,(H,14,15)/t8-/m1/s1. The lowest BCUT2D eigenvalue weighted by Gasteiger charge is -2.29. The summed E-state index contributed by atoms with van der Waals surface area (Å²) >= 11 is 4.47. The van der Waals surface area contributed by atoms with Gasteiger partial charge in [-0.3, -0.25) is 4.79 Å². The molecule has 19 heavy (non-hydrogen) atoms. The molecule has 2 heterocycles. The first kappa shape index (κ1) is 15.0. The van der Waals surface area contributed by atoms with Crippen LogP contribution in [0.2, 0.25) is 0 Å². The average molecular weight is 368 g/mol. The topological polar surface area (TPSA) is 74.7 Å². The molecule has 0 saturated carbocycles. The van der Waals surface area contributed by atoms with Gasteiger partial charge >= 0.3 is 5.97 Å². The predicted molar refractivity (Wildman–Crippen MR) is 75.9 cm³/mol. The van der Waals surface area contributed by atoms with E-state index in [1.807, 2.05) is 6.92 Å². The second-order valence-electron chi connectivity index (χ2n) is 4.56. The Bertz CT molecular complexity index is 576. The van der Waals surface area contributed by atoms with E-state index >= 15 is 0 Å². The van der Waals surface area contributed by atoms with Gasteiger partial charge < -0.3 is 5.11 Å². The molecule has 1 atom stereocenters. The second-order valence-corrected chi connectivity index (χ2v) is 9.10. The van der Waals surface area contributed by atoms with Gasteiger partial charge in [0.25, 0.3) is 10.0 Å². The van der Waals surface area contributed by atoms with Gasteiger partial charge in [0, 0.05) is 13.1 Å². The largest absolute Gasteiger partial charge is 0.481 e. The smallest absolute Gasteiger partial charge is 0.307 e.